The summed E-state index contributed by atoms with van der Waals surface area (Å²) in [4.78, 5) is 23.9. The standard InChI is InChI=1S/C25H28N4O4/c1-17-5-4-6-20(13-17)33-25-23(26-9-10-27-25)29-11-7-18(8-12-29)24(30)28-19-14-21(31-2)16-22(15-19)32-3/h4-6,9-10,13-16,18H,7-8,11-12H2,1-3H3,(H,28,30). The van der Waals surface area contributed by atoms with Crippen LogP contribution in [0.4, 0.5) is 11.5 Å². The summed E-state index contributed by atoms with van der Waals surface area (Å²) in [5.41, 5.74) is 1.76. The summed E-state index contributed by atoms with van der Waals surface area (Å²) in [6.45, 7) is 3.38. The Balaban J connectivity index is 1.40. The van der Waals surface area contributed by atoms with Crippen molar-refractivity contribution in [2.75, 3.05) is 37.5 Å². The number of methoxy groups -OCH3 is 2. The van der Waals surface area contributed by atoms with Crippen molar-refractivity contribution in [3.63, 3.8) is 0 Å². The van der Waals surface area contributed by atoms with Gasteiger partial charge in [-0.25, -0.2) is 9.97 Å². The molecule has 1 N–H and O–H groups in total. The first-order chi connectivity index (χ1) is 16.1. The molecule has 0 saturated carbocycles. The Kier molecular flexibility index (Phi) is 6.92. The zero-order chi connectivity index (χ0) is 23.2. The van der Waals surface area contributed by atoms with Crippen LogP contribution in [-0.4, -0.2) is 43.2 Å². The van der Waals surface area contributed by atoms with Crippen LogP contribution in [0.2, 0.25) is 0 Å². The molecule has 3 aromatic rings. The molecule has 33 heavy (non-hydrogen) atoms. The maximum absolute atomic E-state index is 12.9. The van der Waals surface area contributed by atoms with Crippen LogP contribution in [0, 0.1) is 12.8 Å². The average molecular weight is 449 g/mol. The second-order valence-corrected chi connectivity index (χ2v) is 7.96. The van der Waals surface area contributed by atoms with Crippen LogP contribution >= 0.6 is 0 Å². The molecule has 8 nitrogen and oxygen atoms in total. The molecule has 2 heterocycles. The van der Waals surface area contributed by atoms with Gasteiger partial charge in [-0.2, -0.15) is 0 Å². The number of aromatic nitrogens is 2. The van der Waals surface area contributed by atoms with Crippen molar-refractivity contribution < 1.29 is 19.0 Å². The summed E-state index contributed by atoms with van der Waals surface area (Å²) in [6, 6.07) is 13.2. The number of piperidine rings is 1. The van der Waals surface area contributed by atoms with Crippen LogP contribution in [0.15, 0.2) is 54.9 Å². The van der Waals surface area contributed by atoms with Crippen LogP contribution in [-0.2, 0) is 4.79 Å². The minimum atomic E-state index is -0.101. The quantitative estimate of drug-likeness (QED) is 0.571. The van der Waals surface area contributed by atoms with Crippen molar-refractivity contribution in [1.82, 2.24) is 9.97 Å². The molecule has 1 saturated heterocycles. The van der Waals surface area contributed by atoms with Crippen molar-refractivity contribution in [3.8, 4) is 23.1 Å². The van der Waals surface area contributed by atoms with Gasteiger partial charge in [-0.3, -0.25) is 4.79 Å². The number of nitrogens with one attached hydrogen (secondary N) is 1. The van der Waals surface area contributed by atoms with Crippen LogP contribution in [0.1, 0.15) is 18.4 Å². The predicted molar refractivity (Wildman–Crippen MR) is 126 cm³/mol. The van der Waals surface area contributed by atoms with Crippen LogP contribution in [0.5, 0.6) is 23.1 Å². The molecule has 1 aromatic heterocycles. The SMILES string of the molecule is COc1cc(NC(=O)C2CCN(c3nccnc3Oc3cccc(C)c3)CC2)cc(OC)c1. The largest absolute Gasteiger partial charge is 0.497 e. The monoisotopic (exact) mass is 448 g/mol. The maximum atomic E-state index is 12.9. The van der Waals surface area contributed by atoms with Crippen molar-refractivity contribution >= 4 is 17.4 Å². The van der Waals surface area contributed by atoms with E-state index < -0.39 is 0 Å². The third-order valence-electron chi connectivity index (χ3n) is 5.63. The van der Waals surface area contributed by atoms with Gasteiger partial charge in [-0.1, -0.05) is 12.1 Å². The van der Waals surface area contributed by atoms with Gasteiger partial charge in [0.2, 0.25) is 5.91 Å². The molecule has 0 atom stereocenters. The van der Waals surface area contributed by atoms with Gasteiger partial charge in [0.1, 0.15) is 17.2 Å². The van der Waals surface area contributed by atoms with Gasteiger partial charge in [-0.15, -0.1) is 0 Å². The van der Waals surface area contributed by atoms with Crippen LogP contribution in [0.25, 0.3) is 0 Å². The summed E-state index contributed by atoms with van der Waals surface area (Å²) in [6.07, 6.45) is 4.69. The highest BCUT2D eigenvalue weighted by molar-refractivity contribution is 5.93. The third kappa shape index (κ3) is 5.52. The van der Waals surface area contributed by atoms with Crippen molar-refractivity contribution in [2.24, 2.45) is 5.92 Å². The second-order valence-electron chi connectivity index (χ2n) is 7.96. The summed E-state index contributed by atoms with van der Waals surface area (Å²) in [7, 11) is 3.17. The number of ether oxygens (including phenoxy) is 3. The number of rotatable bonds is 7. The normalized spacial score (nSPS) is 14.0. The second kappa shape index (κ2) is 10.2. The minimum Gasteiger partial charge on any atom is -0.497 e. The number of carbonyl (C=O) groups excluding carboxylic acids is 1. The van der Waals surface area contributed by atoms with Crippen molar-refractivity contribution in [3.05, 3.63) is 60.4 Å². The van der Waals surface area contributed by atoms with Gasteiger partial charge < -0.3 is 24.4 Å². The average Bonchev–Trinajstić information content (AvgIpc) is 2.84. The molecule has 1 aliphatic heterocycles. The molecular formula is C25H28N4O4. The summed E-state index contributed by atoms with van der Waals surface area (Å²) in [5.74, 6) is 3.02. The van der Waals surface area contributed by atoms with E-state index in [1.54, 1.807) is 44.8 Å². The smallest absolute Gasteiger partial charge is 0.263 e. The molecular weight excluding hydrogens is 420 g/mol. The maximum Gasteiger partial charge on any atom is 0.263 e. The molecule has 1 fully saturated rings. The van der Waals surface area contributed by atoms with E-state index in [0.29, 0.717) is 54.8 Å². The fraction of sp³-hybridized carbons (Fsp3) is 0.320. The lowest BCUT2D eigenvalue weighted by atomic mass is 9.96. The Morgan fingerprint density at radius 1 is 0.970 bits per heavy atom. The van der Waals surface area contributed by atoms with Crippen LogP contribution < -0.4 is 24.4 Å². The summed E-state index contributed by atoms with van der Waals surface area (Å²) in [5, 5.41) is 2.99. The van der Waals surface area contributed by atoms with Crippen LogP contribution in [0.3, 0.4) is 0 Å². The van der Waals surface area contributed by atoms with Gasteiger partial charge >= 0.3 is 0 Å². The van der Waals surface area contributed by atoms with Gasteiger partial charge in [0.15, 0.2) is 5.82 Å². The lowest BCUT2D eigenvalue weighted by Crippen LogP contribution is -2.38. The van der Waals surface area contributed by atoms with E-state index in [1.165, 1.54) is 0 Å². The number of carbonyl (C=O) groups is 1. The molecule has 1 aliphatic rings. The van der Waals surface area contributed by atoms with Crippen molar-refractivity contribution in [1.29, 1.82) is 0 Å². The van der Waals surface area contributed by atoms with E-state index in [1.807, 2.05) is 31.2 Å². The number of amides is 1. The molecule has 172 valence electrons. The van der Waals surface area contributed by atoms with Gasteiger partial charge in [0, 0.05) is 55.3 Å². The Morgan fingerprint density at radius 2 is 1.67 bits per heavy atom. The molecule has 0 unspecified atom stereocenters. The Labute approximate surface area is 193 Å². The Morgan fingerprint density at radius 3 is 2.33 bits per heavy atom. The number of benzene rings is 2. The Hall–Kier alpha value is -3.81. The summed E-state index contributed by atoms with van der Waals surface area (Å²) >= 11 is 0. The lowest BCUT2D eigenvalue weighted by molar-refractivity contribution is -0.120. The number of hydrogen-bond acceptors (Lipinski definition) is 7. The molecule has 1 amide bonds. The van der Waals surface area contributed by atoms with E-state index in [2.05, 4.69) is 20.2 Å². The highest BCUT2D eigenvalue weighted by Crippen LogP contribution is 2.32. The van der Waals surface area contributed by atoms with E-state index >= 15 is 0 Å². The summed E-state index contributed by atoms with van der Waals surface area (Å²) < 4.78 is 16.6. The molecule has 4 rings (SSSR count). The number of nitrogens with zero attached hydrogens (tertiary/aromatic N) is 3. The molecule has 0 aliphatic carbocycles. The first-order valence-electron chi connectivity index (χ1n) is 10.9. The van der Waals surface area contributed by atoms with E-state index in [-0.39, 0.29) is 11.8 Å². The molecule has 2 aromatic carbocycles. The fourth-order valence-electron chi connectivity index (χ4n) is 3.87. The predicted octanol–water partition coefficient (Wildman–Crippen LogP) is 4.45. The molecule has 0 bridgehead atoms. The van der Waals surface area contributed by atoms with Gasteiger partial charge in [-0.05, 0) is 37.5 Å². The van der Waals surface area contributed by atoms with Gasteiger partial charge in [0.05, 0.1) is 14.2 Å². The molecule has 8 heteroatoms. The van der Waals surface area contributed by atoms with E-state index in [0.717, 1.165) is 11.3 Å². The zero-order valence-electron chi connectivity index (χ0n) is 19.1. The van der Waals surface area contributed by atoms with Gasteiger partial charge in [0.25, 0.3) is 5.88 Å². The highest BCUT2D eigenvalue weighted by atomic mass is 16.5. The first kappa shape index (κ1) is 22.4. The highest BCUT2D eigenvalue weighted by Gasteiger charge is 2.28. The topological polar surface area (TPSA) is 85.8 Å². The lowest BCUT2D eigenvalue weighted by Gasteiger charge is -2.32. The fourth-order valence-corrected chi connectivity index (χ4v) is 3.87. The van der Waals surface area contributed by atoms with E-state index in [9.17, 15) is 4.79 Å². The third-order valence-corrected chi connectivity index (χ3v) is 5.63. The molecule has 0 radical (unpaired) electrons. The first-order valence-corrected chi connectivity index (χ1v) is 10.9. The zero-order valence-corrected chi connectivity index (χ0v) is 19.1. The van der Waals surface area contributed by atoms with Crippen molar-refractivity contribution in [2.45, 2.75) is 19.8 Å². The Bertz CT molecular complexity index is 1090. The minimum absolute atomic E-state index is 0.0136. The number of anilines is 2. The number of aryl methyl sites for hydroxylation is 1. The van der Waals surface area contributed by atoms with E-state index in [4.69, 9.17) is 14.2 Å². The molecule has 0 spiro atoms. The number of hydrogen-bond donors (Lipinski definition) is 1.